The van der Waals surface area contributed by atoms with Crippen LogP contribution in [-0.4, -0.2) is 11.9 Å². The van der Waals surface area contributed by atoms with E-state index >= 15 is 0 Å². The van der Waals surface area contributed by atoms with Gasteiger partial charge in [0.1, 0.15) is 13.2 Å². The molecule has 0 N–H and O–H groups in total. The average molecular weight is 723 g/mol. The molecule has 0 aliphatic carbocycles. The normalized spacial score (nSPS) is 11.5. The number of esters is 2. The second-order valence-electron chi connectivity index (χ2n) is 15.1. The summed E-state index contributed by atoms with van der Waals surface area (Å²) in [6.07, 6.45) is 20.5. The summed E-state index contributed by atoms with van der Waals surface area (Å²) in [7, 11) is 0. The van der Waals surface area contributed by atoms with Crippen molar-refractivity contribution < 1.29 is 19.1 Å². The maximum atomic E-state index is 12.5. The van der Waals surface area contributed by atoms with Crippen LogP contribution in [0, 0.1) is 0 Å². The molecule has 4 nitrogen and oxygen atoms in total. The monoisotopic (exact) mass is 722 g/mol. The summed E-state index contributed by atoms with van der Waals surface area (Å²) in [5.41, 5.74) is 2.20. The smallest absolute Gasteiger partial charge is 0.306 e. The lowest BCUT2D eigenvalue weighted by molar-refractivity contribution is -0.145. The second-order valence-corrected chi connectivity index (χ2v) is 15.1. The van der Waals surface area contributed by atoms with Gasteiger partial charge in [0.15, 0.2) is 0 Å². The number of hydrogen-bond donors (Lipinski definition) is 0. The first-order valence-corrected chi connectivity index (χ1v) is 20.8. The van der Waals surface area contributed by atoms with Crippen molar-refractivity contribution in [1.82, 2.24) is 0 Å². The highest BCUT2D eigenvalue weighted by atomic mass is 16.5. The zero-order valence-corrected chi connectivity index (χ0v) is 32.2. The standard InChI is InChI=1S/C50H58O4/c51-49(53-37-47-43-29-21-17-25-39(43)35-40-26-18-22-30-44(40)47)33-15-13-11-9-7-5-3-1-2-4-6-8-10-12-14-16-34-50(52)54-38-48-45-31-23-19-27-41(45)36-42-28-20-24-32-46(42)48/h17-32,35-36H,1-16,33-34,37-38H2. The molecule has 0 radical (unpaired) electrons. The van der Waals surface area contributed by atoms with E-state index in [0.717, 1.165) is 58.4 Å². The third-order valence-electron chi connectivity index (χ3n) is 11.0. The summed E-state index contributed by atoms with van der Waals surface area (Å²) >= 11 is 0. The van der Waals surface area contributed by atoms with Gasteiger partial charge in [-0.1, -0.05) is 187 Å². The Morgan fingerprint density at radius 3 is 0.852 bits per heavy atom. The second kappa shape index (κ2) is 21.3. The van der Waals surface area contributed by atoms with Gasteiger partial charge >= 0.3 is 11.9 Å². The van der Waals surface area contributed by atoms with Crippen LogP contribution in [0.4, 0.5) is 0 Å². The third-order valence-corrected chi connectivity index (χ3v) is 11.0. The summed E-state index contributed by atoms with van der Waals surface area (Å²) in [5, 5.41) is 9.36. The first-order valence-electron chi connectivity index (χ1n) is 20.8. The van der Waals surface area contributed by atoms with Crippen LogP contribution in [0.2, 0.25) is 0 Å². The maximum absolute atomic E-state index is 12.5. The number of fused-ring (bicyclic) bond motifs is 4. The Kier molecular flexibility index (Phi) is 15.4. The first kappa shape index (κ1) is 39.0. The van der Waals surface area contributed by atoms with Crippen LogP contribution >= 0.6 is 0 Å². The zero-order valence-electron chi connectivity index (χ0n) is 32.2. The van der Waals surface area contributed by atoms with Crippen LogP contribution in [0.5, 0.6) is 0 Å². The third kappa shape index (κ3) is 11.4. The molecule has 0 spiro atoms. The highest BCUT2D eigenvalue weighted by Gasteiger charge is 2.12. The van der Waals surface area contributed by atoms with Crippen molar-refractivity contribution in [1.29, 1.82) is 0 Å². The molecule has 0 unspecified atom stereocenters. The molecular formula is C50H58O4. The van der Waals surface area contributed by atoms with E-state index in [9.17, 15) is 9.59 Å². The van der Waals surface area contributed by atoms with E-state index in [1.54, 1.807) is 0 Å². The molecule has 0 atom stereocenters. The Balaban J connectivity index is 0.717. The highest BCUT2D eigenvalue weighted by molar-refractivity contribution is 6.03. The molecule has 0 aromatic heterocycles. The Bertz CT molecular complexity index is 1840. The molecule has 0 aliphatic rings. The fourth-order valence-electron chi connectivity index (χ4n) is 7.99. The molecule has 0 fully saturated rings. The van der Waals surface area contributed by atoms with Crippen molar-refractivity contribution in [2.75, 3.05) is 0 Å². The summed E-state index contributed by atoms with van der Waals surface area (Å²) in [6.45, 7) is 0.653. The molecular weight excluding hydrogens is 665 g/mol. The number of benzene rings is 6. The van der Waals surface area contributed by atoms with E-state index in [0.29, 0.717) is 26.1 Å². The van der Waals surface area contributed by atoms with Crippen molar-refractivity contribution in [3.05, 3.63) is 120 Å². The Hall–Kier alpha value is -4.70. The van der Waals surface area contributed by atoms with Gasteiger partial charge in [-0.05, 0) is 68.1 Å². The van der Waals surface area contributed by atoms with Gasteiger partial charge < -0.3 is 9.47 Å². The van der Waals surface area contributed by atoms with E-state index in [1.165, 1.54) is 98.6 Å². The van der Waals surface area contributed by atoms with Crippen LogP contribution in [0.15, 0.2) is 109 Å². The number of rotatable bonds is 23. The molecule has 6 rings (SSSR count). The zero-order chi connectivity index (χ0) is 37.2. The predicted octanol–water partition coefficient (Wildman–Crippen LogP) is 14.1. The molecule has 6 aromatic rings. The maximum Gasteiger partial charge on any atom is 0.306 e. The Morgan fingerprint density at radius 2 is 0.574 bits per heavy atom. The lowest BCUT2D eigenvalue weighted by Gasteiger charge is -2.12. The molecule has 0 saturated carbocycles. The minimum atomic E-state index is -0.0908. The lowest BCUT2D eigenvalue weighted by Crippen LogP contribution is -2.05. The van der Waals surface area contributed by atoms with E-state index in [-0.39, 0.29) is 11.9 Å². The molecule has 0 bridgehead atoms. The van der Waals surface area contributed by atoms with E-state index in [4.69, 9.17) is 9.47 Å². The average Bonchev–Trinajstić information content (AvgIpc) is 3.20. The number of unbranched alkanes of at least 4 members (excludes halogenated alkanes) is 15. The van der Waals surface area contributed by atoms with Gasteiger partial charge in [-0.25, -0.2) is 0 Å². The van der Waals surface area contributed by atoms with Crippen molar-refractivity contribution in [3.63, 3.8) is 0 Å². The van der Waals surface area contributed by atoms with Gasteiger partial charge in [0.25, 0.3) is 0 Å². The largest absolute Gasteiger partial charge is 0.461 e. The summed E-state index contributed by atoms with van der Waals surface area (Å²) in [5.74, 6) is -0.182. The van der Waals surface area contributed by atoms with Crippen molar-refractivity contribution in [3.8, 4) is 0 Å². The van der Waals surface area contributed by atoms with Crippen LogP contribution in [0.25, 0.3) is 43.1 Å². The number of ether oxygens (including phenoxy) is 2. The SMILES string of the molecule is O=C(CCCCCCCCCCCCCCCCCCC(=O)OCc1c2ccccc2cc2ccccc12)OCc1c2ccccc2cc2ccccc12. The first-order chi connectivity index (χ1) is 26.7. The predicted molar refractivity (Wildman–Crippen MR) is 226 cm³/mol. The molecule has 0 aliphatic heterocycles. The minimum absolute atomic E-state index is 0.0908. The van der Waals surface area contributed by atoms with Crippen molar-refractivity contribution in [2.45, 2.75) is 129 Å². The summed E-state index contributed by atoms with van der Waals surface area (Å²) < 4.78 is 11.5. The topological polar surface area (TPSA) is 52.6 Å². The molecule has 0 heterocycles. The van der Waals surface area contributed by atoms with Gasteiger partial charge in [-0.3, -0.25) is 9.59 Å². The molecule has 4 heteroatoms. The van der Waals surface area contributed by atoms with Crippen LogP contribution < -0.4 is 0 Å². The molecule has 0 saturated heterocycles. The molecule has 0 amide bonds. The minimum Gasteiger partial charge on any atom is -0.461 e. The lowest BCUT2D eigenvalue weighted by atomic mass is 9.97. The summed E-state index contributed by atoms with van der Waals surface area (Å²) in [6, 6.07) is 37.8. The van der Waals surface area contributed by atoms with Gasteiger partial charge in [0, 0.05) is 24.0 Å². The number of carbonyl (C=O) groups excluding carboxylic acids is 2. The van der Waals surface area contributed by atoms with Crippen LogP contribution in [0.1, 0.15) is 127 Å². The number of hydrogen-bond acceptors (Lipinski definition) is 4. The molecule has 6 aromatic carbocycles. The Morgan fingerprint density at radius 1 is 0.333 bits per heavy atom. The van der Waals surface area contributed by atoms with Gasteiger partial charge in [0.2, 0.25) is 0 Å². The van der Waals surface area contributed by atoms with E-state index in [2.05, 4.69) is 84.9 Å². The Labute approximate surface area is 322 Å². The quantitative estimate of drug-likeness (QED) is 0.0375. The van der Waals surface area contributed by atoms with Crippen LogP contribution in [0.3, 0.4) is 0 Å². The van der Waals surface area contributed by atoms with Gasteiger partial charge in [-0.15, -0.1) is 0 Å². The van der Waals surface area contributed by atoms with Crippen molar-refractivity contribution >= 4 is 55.0 Å². The molecule has 282 valence electrons. The molecule has 54 heavy (non-hydrogen) atoms. The van der Waals surface area contributed by atoms with Gasteiger partial charge in [-0.2, -0.15) is 0 Å². The fraction of sp³-hybridized carbons (Fsp3) is 0.400. The fourth-order valence-corrected chi connectivity index (χ4v) is 7.99. The van der Waals surface area contributed by atoms with E-state index in [1.807, 2.05) is 24.3 Å². The van der Waals surface area contributed by atoms with Crippen molar-refractivity contribution in [2.24, 2.45) is 0 Å². The van der Waals surface area contributed by atoms with E-state index < -0.39 is 0 Å². The highest BCUT2D eigenvalue weighted by Crippen LogP contribution is 2.31. The number of carbonyl (C=O) groups is 2. The van der Waals surface area contributed by atoms with Crippen LogP contribution in [-0.2, 0) is 32.3 Å². The summed E-state index contributed by atoms with van der Waals surface area (Å²) in [4.78, 5) is 25.1. The van der Waals surface area contributed by atoms with Gasteiger partial charge in [0.05, 0.1) is 0 Å².